The zero-order valence-electron chi connectivity index (χ0n) is 13.7. The van der Waals surface area contributed by atoms with Gasteiger partial charge in [-0.2, -0.15) is 0 Å². The molecule has 130 valence electrons. The predicted molar refractivity (Wildman–Crippen MR) is 87.5 cm³/mol. The monoisotopic (exact) mass is 354 g/mol. The van der Waals surface area contributed by atoms with E-state index < -0.39 is 11.4 Å². The number of nitrogens with zero attached hydrogens (tertiary/aromatic N) is 3. The highest BCUT2D eigenvalue weighted by atomic mass is 32.2. The lowest BCUT2D eigenvalue weighted by molar-refractivity contribution is -0.151. The van der Waals surface area contributed by atoms with E-state index in [1.165, 1.54) is 16.8 Å². The van der Waals surface area contributed by atoms with Crippen LogP contribution in [0.25, 0.3) is 0 Å². The second kappa shape index (κ2) is 7.52. The van der Waals surface area contributed by atoms with E-state index in [1.54, 1.807) is 32.9 Å². The molecule has 1 aromatic heterocycles. The number of nitrogens with two attached hydrogens (primary N) is 1. The molecule has 7 nitrogen and oxygen atoms in total. The number of thioether (sulfide) groups is 1. The fourth-order valence-corrected chi connectivity index (χ4v) is 2.35. The third-order valence-corrected chi connectivity index (χ3v) is 3.58. The molecule has 0 amide bonds. The van der Waals surface area contributed by atoms with Gasteiger partial charge < -0.3 is 15.3 Å². The largest absolute Gasteiger partial charge is 0.482 e. The van der Waals surface area contributed by atoms with E-state index in [0.717, 1.165) is 11.8 Å². The van der Waals surface area contributed by atoms with Gasteiger partial charge in [0.25, 0.3) is 0 Å². The number of rotatable bonds is 6. The Bertz CT molecular complexity index is 715. The number of aromatic nitrogens is 3. The van der Waals surface area contributed by atoms with Crippen LogP contribution in [-0.2, 0) is 16.1 Å². The molecule has 2 rings (SSSR count). The molecule has 0 saturated carbocycles. The molecular weight excluding hydrogens is 335 g/mol. The Morgan fingerprint density at radius 3 is 2.71 bits per heavy atom. The highest BCUT2D eigenvalue weighted by Gasteiger charge is 2.18. The van der Waals surface area contributed by atoms with E-state index >= 15 is 0 Å². The summed E-state index contributed by atoms with van der Waals surface area (Å²) in [4.78, 5) is 11.7. The molecule has 0 fully saturated rings. The average molecular weight is 354 g/mol. The van der Waals surface area contributed by atoms with Crippen LogP contribution in [0.15, 0.2) is 29.4 Å². The summed E-state index contributed by atoms with van der Waals surface area (Å²) in [6.07, 6.45) is 0. The Kier molecular flexibility index (Phi) is 5.66. The lowest BCUT2D eigenvalue weighted by Crippen LogP contribution is -2.25. The van der Waals surface area contributed by atoms with Gasteiger partial charge in [0.05, 0.1) is 5.75 Å². The van der Waals surface area contributed by atoms with Gasteiger partial charge in [-0.15, -0.1) is 10.2 Å². The summed E-state index contributed by atoms with van der Waals surface area (Å²) in [5, 5.41) is 8.11. The maximum atomic E-state index is 13.5. The standard InChI is InChI=1S/C15H19FN4O3S/c1-15(2,3)23-13(21)9-24-14-19-18-12(20(14)17)8-22-11-7-5-4-6-10(11)16/h4-7H,8-9,17H2,1-3H3. The number of esters is 1. The number of hydrogen-bond acceptors (Lipinski definition) is 7. The second-order valence-electron chi connectivity index (χ2n) is 5.86. The van der Waals surface area contributed by atoms with E-state index in [0.29, 0.717) is 11.0 Å². The SMILES string of the molecule is CC(C)(C)OC(=O)CSc1nnc(COc2ccccc2F)n1N. The van der Waals surface area contributed by atoms with Crippen LogP contribution in [0.2, 0.25) is 0 Å². The van der Waals surface area contributed by atoms with E-state index in [1.807, 2.05) is 0 Å². The Morgan fingerprint density at radius 2 is 2.04 bits per heavy atom. The van der Waals surface area contributed by atoms with Crippen molar-refractivity contribution in [1.29, 1.82) is 0 Å². The smallest absolute Gasteiger partial charge is 0.316 e. The molecule has 0 radical (unpaired) electrons. The number of carbonyl (C=O) groups excluding carboxylic acids is 1. The highest BCUT2D eigenvalue weighted by Crippen LogP contribution is 2.19. The summed E-state index contributed by atoms with van der Waals surface area (Å²) in [6, 6.07) is 6.03. The topological polar surface area (TPSA) is 92.3 Å². The molecule has 0 atom stereocenters. The van der Waals surface area contributed by atoms with Crippen molar-refractivity contribution in [3.63, 3.8) is 0 Å². The molecule has 1 aromatic carbocycles. The van der Waals surface area contributed by atoms with Crippen LogP contribution in [0.4, 0.5) is 4.39 Å². The molecule has 2 aromatic rings. The first-order valence-electron chi connectivity index (χ1n) is 7.17. The van der Waals surface area contributed by atoms with Crippen molar-refractivity contribution in [2.24, 2.45) is 0 Å². The van der Waals surface area contributed by atoms with Gasteiger partial charge >= 0.3 is 5.97 Å². The minimum absolute atomic E-state index is 0.0442. The molecule has 0 aliphatic carbocycles. The first-order chi connectivity index (χ1) is 11.3. The molecule has 0 bridgehead atoms. The fourth-order valence-electron chi connectivity index (χ4n) is 1.70. The van der Waals surface area contributed by atoms with E-state index in [4.69, 9.17) is 15.3 Å². The van der Waals surface area contributed by atoms with Gasteiger partial charge in [-0.1, -0.05) is 23.9 Å². The molecule has 0 saturated heterocycles. The number of nitrogen functional groups attached to an aromatic ring is 1. The van der Waals surface area contributed by atoms with Crippen LogP contribution in [0, 0.1) is 5.82 Å². The molecule has 2 N–H and O–H groups in total. The summed E-state index contributed by atoms with van der Waals surface area (Å²) in [7, 11) is 0. The number of para-hydroxylation sites is 1. The molecule has 0 spiro atoms. The summed E-state index contributed by atoms with van der Waals surface area (Å²) in [6.45, 7) is 5.33. The predicted octanol–water partition coefficient (Wildman–Crippen LogP) is 2.14. The van der Waals surface area contributed by atoms with E-state index in [9.17, 15) is 9.18 Å². The van der Waals surface area contributed by atoms with Crippen molar-refractivity contribution in [3.05, 3.63) is 35.9 Å². The maximum absolute atomic E-state index is 13.5. The Morgan fingerprint density at radius 1 is 1.33 bits per heavy atom. The van der Waals surface area contributed by atoms with Gasteiger partial charge in [0.2, 0.25) is 5.16 Å². The van der Waals surface area contributed by atoms with E-state index in [-0.39, 0.29) is 24.1 Å². The van der Waals surface area contributed by atoms with Gasteiger partial charge in [-0.3, -0.25) is 4.79 Å². The van der Waals surface area contributed by atoms with Gasteiger partial charge in [0.15, 0.2) is 17.4 Å². The van der Waals surface area contributed by atoms with Gasteiger partial charge in [0.1, 0.15) is 12.2 Å². The Balaban J connectivity index is 1.91. The first-order valence-corrected chi connectivity index (χ1v) is 8.16. The normalized spacial score (nSPS) is 11.3. The van der Waals surface area contributed by atoms with Crippen LogP contribution in [0.1, 0.15) is 26.6 Å². The molecular formula is C15H19FN4O3S. The molecule has 24 heavy (non-hydrogen) atoms. The first kappa shape index (κ1) is 18.1. The number of benzene rings is 1. The lowest BCUT2D eigenvalue weighted by Gasteiger charge is -2.19. The minimum Gasteiger partial charge on any atom is -0.482 e. The zero-order chi connectivity index (χ0) is 17.7. The Hall–Kier alpha value is -2.29. The van der Waals surface area contributed by atoms with Crippen molar-refractivity contribution in [2.75, 3.05) is 11.6 Å². The highest BCUT2D eigenvalue weighted by molar-refractivity contribution is 7.99. The maximum Gasteiger partial charge on any atom is 0.316 e. The number of carbonyl (C=O) groups is 1. The second-order valence-corrected chi connectivity index (χ2v) is 6.81. The molecule has 1 heterocycles. The van der Waals surface area contributed by atoms with Crippen LogP contribution in [0.5, 0.6) is 5.75 Å². The zero-order valence-corrected chi connectivity index (χ0v) is 14.5. The van der Waals surface area contributed by atoms with Gasteiger partial charge in [-0.25, -0.2) is 9.07 Å². The van der Waals surface area contributed by atoms with Crippen LogP contribution < -0.4 is 10.6 Å². The number of hydrogen-bond donors (Lipinski definition) is 1. The minimum atomic E-state index is -0.549. The van der Waals surface area contributed by atoms with Crippen molar-refractivity contribution < 1.29 is 18.7 Å². The molecule has 9 heteroatoms. The lowest BCUT2D eigenvalue weighted by atomic mass is 10.2. The van der Waals surface area contributed by atoms with Gasteiger partial charge in [0, 0.05) is 0 Å². The van der Waals surface area contributed by atoms with Crippen LogP contribution in [-0.4, -0.2) is 32.2 Å². The van der Waals surface area contributed by atoms with Crippen molar-refractivity contribution in [2.45, 2.75) is 38.1 Å². The van der Waals surface area contributed by atoms with Gasteiger partial charge in [-0.05, 0) is 32.9 Å². The summed E-state index contributed by atoms with van der Waals surface area (Å²) in [5.41, 5.74) is -0.549. The third kappa shape index (κ3) is 5.12. The average Bonchev–Trinajstić information content (AvgIpc) is 2.83. The third-order valence-electron chi connectivity index (χ3n) is 2.67. The van der Waals surface area contributed by atoms with Crippen LogP contribution >= 0.6 is 11.8 Å². The quantitative estimate of drug-likeness (QED) is 0.483. The van der Waals surface area contributed by atoms with Crippen molar-refractivity contribution in [3.8, 4) is 5.75 Å². The fraction of sp³-hybridized carbons (Fsp3) is 0.400. The van der Waals surface area contributed by atoms with Crippen molar-refractivity contribution in [1.82, 2.24) is 14.9 Å². The molecule has 0 aliphatic heterocycles. The van der Waals surface area contributed by atoms with E-state index in [2.05, 4.69) is 10.2 Å². The van der Waals surface area contributed by atoms with Crippen molar-refractivity contribution >= 4 is 17.7 Å². The van der Waals surface area contributed by atoms with Crippen LogP contribution in [0.3, 0.4) is 0 Å². The molecule has 0 aliphatic rings. The summed E-state index contributed by atoms with van der Waals surface area (Å²) in [5.74, 6) is 5.48. The number of ether oxygens (including phenoxy) is 2. The number of halogens is 1. The Labute approximate surface area is 143 Å². The summed E-state index contributed by atoms with van der Waals surface area (Å²) < 4.78 is 25.2. The summed E-state index contributed by atoms with van der Waals surface area (Å²) >= 11 is 1.10. The molecule has 0 unspecified atom stereocenters.